The second kappa shape index (κ2) is 8.19. The van der Waals surface area contributed by atoms with Crippen molar-refractivity contribution in [2.45, 2.75) is 26.4 Å². The number of esters is 2. The third-order valence-corrected chi connectivity index (χ3v) is 5.94. The number of carbonyl (C=O) groups excluding carboxylic acids is 2. The van der Waals surface area contributed by atoms with Crippen molar-refractivity contribution in [2.75, 3.05) is 6.61 Å². The summed E-state index contributed by atoms with van der Waals surface area (Å²) in [5.74, 6) is -0.138. The van der Waals surface area contributed by atoms with E-state index in [1.54, 1.807) is 0 Å². The summed E-state index contributed by atoms with van der Waals surface area (Å²) in [6, 6.07) is 12.1. The zero-order valence-corrected chi connectivity index (χ0v) is 16.8. The summed E-state index contributed by atoms with van der Waals surface area (Å²) < 4.78 is 12.6. The molecule has 0 N–H and O–H groups in total. The third-order valence-electron chi connectivity index (χ3n) is 5.94. The van der Waals surface area contributed by atoms with E-state index in [-0.39, 0.29) is 31.0 Å². The first kappa shape index (κ1) is 19.4. The van der Waals surface area contributed by atoms with E-state index in [0.29, 0.717) is 5.92 Å². The molecule has 3 atom stereocenters. The number of aryl methyl sites for hydroxylation is 2. The summed E-state index contributed by atoms with van der Waals surface area (Å²) in [7, 11) is 2.01. The standard InChI is InChI=1S/C24H26NO4/c1-16-11-18(7-9-20(16)22-5-3-4-10-25(22)2)14-28-23(26)15-29-24(27)21-13-17-6-8-19(21)12-17/h3-11,17,19,21H,12-15H2,1-2H3/q+1. The number of rotatable bonds is 6. The van der Waals surface area contributed by atoms with Crippen LogP contribution in [0.4, 0.5) is 0 Å². The molecule has 0 spiro atoms. The highest BCUT2D eigenvalue weighted by Gasteiger charge is 2.40. The molecule has 150 valence electrons. The largest absolute Gasteiger partial charge is 0.458 e. The molecule has 29 heavy (non-hydrogen) atoms. The van der Waals surface area contributed by atoms with Gasteiger partial charge in [-0.05, 0) is 54.9 Å². The number of aromatic nitrogens is 1. The maximum Gasteiger partial charge on any atom is 0.344 e. The fraction of sp³-hybridized carbons (Fsp3) is 0.375. The number of hydrogen-bond acceptors (Lipinski definition) is 4. The van der Waals surface area contributed by atoms with Crippen LogP contribution in [-0.4, -0.2) is 18.5 Å². The van der Waals surface area contributed by atoms with E-state index >= 15 is 0 Å². The van der Waals surface area contributed by atoms with Gasteiger partial charge >= 0.3 is 11.9 Å². The average molecular weight is 392 g/mol. The van der Waals surface area contributed by atoms with Gasteiger partial charge < -0.3 is 9.47 Å². The lowest BCUT2D eigenvalue weighted by Crippen LogP contribution is -2.30. The van der Waals surface area contributed by atoms with E-state index in [1.165, 1.54) is 0 Å². The second-order valence-corrected chi connectivity index (χ2v) is 8.00. The van der Waals surface area contributed by atoms with Gasteiger partial charge in [-0.2, -0.15) is 0 Å². The molecule has 1 saturated carbocycles. The van der Waals surface area contributed by atoms with Gasteiger partial charge in [0.2, 0.25) is 5.69 Å². The van der Waals surface area contributed by atoms with Crippen LogP contribution in [0.15, 0.2) is 54.7 Å². The van der Waals surface area contributed by atoms with Crippen molar-refractivity contribution < 1.29 is 23.6 Å². The van der Waals surface area contributed by atoms with Crippen LogP contribution >= 0.6 is 0 Å². The molecule has 2 aliphatic carbocycles. The molecule has 0 aliphatic heterocycles. The lowest BCUT2D eigenvalue weighted by molar-refractivity contribution is -0.660. The molecule has 2 bridgehead atoms. The van der Waals surface area contributed by atoms with Gasteiger partial charge in [0.05, 0.1) is 5.92 Å². The Hall–Kier alpha value is -2.95. The van der Waals surface area contributed by atoms with Crippen LogP contribution in [0, 0.1) is 24.7 Å². The maximum atomic E-state index is 12.2. The van der Waals surface area contributed by atoms with Gasteiger partial charge in [-0.3, -0.25) is 4.79 Å². The molecule has 2 aromatic rings. The highest BCUT2D eigenvalue weighted by Crippen LogP contribution is 2.43. The molecule has 1 aromatic carbocycles. The SMILES string of the molecule is Cc1cc(COC(=O)COC(=O)C2CC3C=CC2C3)ccc1-c1cccc[n+]1C. The molecule has 0 radical (unpaired) electrons. The number of hydrogen-bond donors (Lipinski definition) is 0. The Morgan fingerprint density at radius 2 is 1.97 bits per heavy atom. The number of nitrogens with zero attached hydrogens (tertiary/aromatic N) is 1. The van der Waals surface area contributed by atoms with Crippen LogP contribution in [-0.2, 0) is 32.7 Å². The van der Waals surface area contributed by atoms with E-state index in [1.807, 2.05) is 50.5 Å². The van der Waals surface area contributed by atoms with E-state index < -0.39 is 5.97 Å². The quantitative estimate of drug-likeness (QED) is 0.430. The first-order valence-electron chi connectivity index (χ1n) is 10.1. The van der Waals surface area contributed by atoms with Crippen LogP contribution in [0.2, 0.25) is 0 Å². The molecule has 1 aromatic heterocycles. The highest BCUT2D eigenvalue weighted by atomic mass is 16.6. The normalized spacial score (nSPS) is 21.9. The van der Waals surface area contributed by atoms with Crippen molar-refractivity contribution in [3.8, 4) is 11.3 Å². The van der Waals surface area contributed by atoms with Crippen molar-refractivity contribution in [2.24, 2.45) is 24.8 Å². The van der Waals surface area contributed by atoms with Crippen molar-refractivity contribution in [1.29, 1.82) is 0 Å². The molecule has 2 aliphatic rings. The van der Waals surface area contributed by atoms with Gasteiger partial charge in [0.25, 0.3) is 0 Å². The van der Waals surface area contributed by atoms with Gasteiger partial charge in [-0.25, -0.2) is 9.36 Å². The molecule has 0 saturated heterocycles. The van der Waals surface area contributed by atoms with Crippen molar-refractivity contribution >= 4 is 11.9 Å². The minimum Gasteiger partial charge on any atom is -0.458 e. The lowest BCUT2D eigenvalue weighted by atomic mass is 9.94. The second-order valence-electron chi connectivity index (χ2n) is 8.00. The van der Waals surface area contributed by atoms with Crippen molar-refractivity contribution in [3.05, 3.63) is 65.9 Å². The van der Waals surface area contributed by atoms with Crippen LogP contribution < -0.4 is 4.57 Å². The number of benzene rings is 1. The predicted octanol–water partition coefficient (Wildman–Crippen LogP) is 3.29. The smallest absolute Gasteiger partial charge is 0.344 e. The summed E-state index contributed by atoms with van der Waals surface area (Å²) in [6.45, 7) is 1.88. The van der Waals surface area contributed by atoms with Gasteiger partial charge in [-0.15, -0.1) is 0 Å². The first-order chi connectivity index (χ1) is 14.0. The minimum atomic E-state index is -0.520. The fourth-order valence-electron chi connectivity index (χ4n) is 4.40. The summed E-state index contributed by atoms with van der Waals surface area (Å²) in [6.07, 6.45) is 8.15. The first-order valence-corrected chi connectivity index (χ1v) is 10.1. The van der Waals surface area contributed by atoms with E-state index in [4.69, 9.17) is 9.47 Å². The summed E-state index contributed by atoms with van der Waals surface area (Å²) in [5.41, 5.74) is 4.27. The number of allylic oxidation sites excluding steroid dienone is 2. The Balaban J connectivity index is 1.28. The van der Waals surface area contributed by atoms with E-state index in [2.05, 4.69) is 22.8 Å². The Labute approximate surface area is 171 Å². The number of fused-ring (bicyclic) bond motifs is 2. The molecule has 4 rings (SSSR count). The number of carbonyl (C=O) groups is 2. The highest BCUT2D eigenvalue weighted by molar-refractivity contribution is 5.78. The van der Waals surface area contributed by atoms with Crippen molar-refractivity contribution in [1.82, 2.24) is 0 Å². The lowest BCUT2D eigenvalue weighted by Gasteiger charge is -2.16. The van der Waals surface area contributed by atoms with Crippen LogP contribution in [0.5, 0.6) is 0 Å². The molecule has 1 fully saturated rings. The molecule has 5 heteroatoms. The fourth-order valence-corrected chi connectivity index (χ4v) is 4.40. The van der Waals surface area contributed by atoms with Crippen molar-refractivity contribution in [3.63, 3.8) is 0 Å². The molecule has 3 unspecified atom stereocenters. The number of pyridine rings is 1. The maximum absolute atomic E-state index is 12.2. The van der Waals surface area contributed by atoms with Gasteiger partial charge in [-0.1, -0.05) is 24.3 Å². The third kappa shape index (κ3) is 4.24. The summed E-state index contributed by atoms with van der Waals surface area (Å²) >= 11 is 0. The predicted molar refractivity (Wildman–Crippen MR) is 107 cm³/mol. The monoisotopic (exact) mass is 392 g/mol. The molecule has 0 amide bonds. The Kier molecular flexibility index (Phi) is 5.47. The topological polar surface area (TPSA) is 56.5 Å². The zero-order chi connectivity index (χ0) is 20.4. The van der Waals surface area contributed by atoms with Gasteiger partial charge in [0.15, 0.2) is 12.8 Å². The van der Waals surface area contributed by atoms with Crippen LogP contribution in [0.1, 0.15) is 24.0 Å². The Morgan fingerprint density at radius 3 is 2.66 bits per heavy atom. The average Bonchev–Trinajstić information content (AvgIpc) is 3.35. The summed E-state index contributed by atoms with van der Waals surface area (Å²) in [4.78, 5) is 24.2. The van der Waals surface area contributed by atoms with E-state index in [9.17, 15) is 9.59 Å². The number of ether oxygens (including phenoxy) is 2. The molecule has 1 heterocycles. The Bertz CT molecular complexity index is 965. The zero-order valence-electron chi connectivity index (χ0n) is 16.8. The van der Waals surface area contributed by atoms with Gasteiger partial charge in [0, 0.05) is 17.7 Å². The molecular weight excluding hydrogens is 366 g/mol. The molecule has 5 nitrogen and oxygen atoms in total. The van der Waals surface area contributed by atoms with E-state index in [0.717, 1.165) is 35.2 Å². The minimum absolute atomic E-state index is 0.104. The van der Waals surface area contributed by atoms with Crippen LogP contribution in [0.25, 0.3) is 11.3 Å². The Morgan fingerprint density at radius 1 is 1.10 bits per heavy atom. The van der Waals surface area contributed by atoms with Gasteiger partial charge in [0.1, 0.15) is 13.7 Å². The van der Waals surface area contributed by atoms with Crippen LogP contribution in [0.3, 0.4) is 0 Å². The summed E-state index contributed by atoms with van der Waals surface area (Å²) in [5, 5.41) is 0. The molecular formula is C24H26NO4+.